The summed E-state index contributed by atoms with van der Waals surface area (Å²) in [5, 5.41) is 10.5. The maximum atomic E-state index is 9.76. The molecule has 3 rings (SSSR count). The summed E-state index contributed by atoms with van der Waals surface area (Å²) < 4.78 is 0. The minimum Gasteiger partial charge on any atom is -0.379 e. The molecule has 1 fully saturated rings. The number of halogens is 1. The topological polar surface area (TPSA) is 26.7 Å². The van der Waals surface area contributed by atoms with Crippen LogP contribution in [0.5, 0.6) is 0 Å². The lowest BCUT2D eigenvalue weighted by Crippen LogP contribution is -2.50. The maximum absolute atomic E-state index is 9.76. The van der Waals surface area contributed by atoms with E-state index in [0.29, 0.717) is 0 Å². The number of hydrogen-bond donors (Lipinski definition) is 1. The van der Waals surface area contributed by atoms with Crippen LogP contribution in [0.25, 0.3) is 0 Å². The minimum atomic E-state index is -0.372. The predicted molar refractivity (Wildman–Crippen MR) is 94.6 cm³/mol. The molecule has 0 radical (unpaired) electrons. The molecular formula is C19H23ClN2O. The highest BCUT2D eigenvalue weighted by Gasteiger charge is 2.27. The number of nitrogens with zero attached hydrogens (tertiary/aromatic N) is 2. The van der Waals surface area contributed by atoms with Crippen molar-refractivity contribution in [3.05, 3.63) is 70.7 Å². The molecule has 4 heteroatoms. The molecule has 1 saturated heterocycles. The first kappa shape index (κ1) is 16.5. The van der Waals surface area contributed by atoms with Gasteiger partial charge in [0.2, 0.25) is 0 Å². The zero-order valence-electron chi connectivity index (χ0n) is 13.4. The van der Waals surface area contributed by atoms with E-state index in [0.717, 1.165) is 31.2 Å². The van der Waals surface area contributed by atoms with E-state index < -0.39 is 0 Å². The van der Waals surface area contributed by atoms with Crippen molar-refractivity contribution in [2.75, 3.05) is 26.2 Å². The highest BCUT2D eigenvalue weighted by Crippen LogP contribution is 2.30. The average molecular weight is 331 g/mol. The van der Waals surface area contributed by atoms with Crippen LogP contribution in [0.4, 0.5) is 0 Å². The Balaban J connectivity index is 1.86. The summed E-state index contributed by atoms with van der Waals surface area (Å²) >= 11 is 6.05. The largest absolute Gasteiger partial charge is 0.379 e. The Bertz CT molecular complexity index is 607. The van der Waals surface area contributed by atoms with E-state index in [2.05, 4.69) is 46.2 Å². The summed E-state index contributed by atoms with van der Waals surface area (Å²) in [6, 6.07) is 19.0. The second-order valence-electron chi connectivity index (χ2n) is 6.07. The smallest absolute Gasteiger partial charge is 0.104 e. The van der Waals surface area contributed by atoms with E-state index in [1.165, 1.54) is 11.1 Å². The van der Waals surface area contributed by atoms with Crippen LogP contribution >= 0.6 is 11.6 Å². The minimum absolute atomic E-state index is 0.226. The number of aliphatic hydroxyl groups excluding tert-OH is 1. The van der Waals surface area contributed by atoms with E-state index in [9.17, 15) is 5.11 Å². The molecule has 0 bridgehead atoms. The molecular weight excluding hydrogens is 308 g/mol. The van der Waals surface area contributed by atoms with Crippen LogP contribution < -0.4 is 0 Å². The van der Waals surface area contributed by atoms with Gasteiger partial charge in [-0.05, 0) is 30.2 Å². The van der Waals surface area contributed by atoms with Gasteiger partial charge in [0, 0.05) is 31.2 Å². The first-order valence-corrected chi connectivity index (χ1v) is 8.49. The van der Waals surface area contributed by atoms with E-state index in [4.69, 9.17) is 11.6 Å². The van der Waals surface area contributed by atoms with Crippen LogP contribution in [0.3, 0.4) is 0 Å². The van der Waals surface area contributed by atoms with Crippen molar-refractivity contribution in [3.63, 3.8) is 0 Å². The average Bonchev–Trinajstić information content (AvgIpc) is 2.58. The summed E-state index contributed by atoms with van der Waals surface area (Å²) in [6.07, 6.45) is -0.372. The molecule has 23 heavy (non-hydrogen) atoms. The Hall–Kier alpha value is -1.39. The Morgan fingerprint density at radius 1 is 0.826 bits per heavy atom. The Morgan fingerprint density at radius 2 is 1.35 bits per heavy atom. The molecule has 3 nitrogen and oxygen atoms in total. The second-order valence-corrected chi connectivity index (χ2v) is 6.51. The molecule has 122 valence electrons. The monoisotopic (exact) mass is 330 g/mol. The highest BCUT2D eigenvalue weighted by atomic mass is 35.5. The first-order valence-electron chi connectivity index (χ1n) is 8.12. The molecule has 0 saturated carbocycles. The van der Waals surface area contributed by atoms with Crippen molar-refractivity contribution in [3.8, 4) is 0 Å². The zero-order chi connectivity index (χ0) is 16.2. The van der Waals surface area contributed by atoms with Gasteiger partial charge < -0.3 is 5.11 Å². The van der Waals surface area contributed by atoms with Crippen molar-refractivity contribution in [1.82, 2.24) is 9.80 Å². The van der Waals surface area contributed by atoms with Crippen LogP contribution in [0.1, 0.15) is 24.1 Å². The summed E-state index contributed by atoms with van der Waals surface area (Å²) in [5.74, 6) is 0. The third-order valence-corrected chi connectivity index (χ3v) is 4.80. The Labute approximate surface area is 143 Å². The lowest BCUT2D eigenvalue weighted by Gasteiger charge is -2.40. The van der Waals surface area contributed by atoms with Crippen molar-refractivity contribution < 1.29 is 5.11 Å². The molecule has 2 aromatic carbocycles. The van der Waals surface area contributed by atoms with Crippen LogP contribution in [-0.2, 0) is 0 Å². The summed E-state index contributed by atoms with van der Waals surface area (Å²) in [7, 11) is 0. The molecule has 1 aliphatic rings. The summed E-state index contributed by atoms with van der Waals surface area (Å²) in [6.45, 7) is 5.48. The molecule has 1 heterocycles. The number of hydrogen-bond acceptors (Lipinski definition) is 3. The van der Waals surface area contributed by atoms with Crippen LogP contribution in [0.15, 0.2) is 54.6 Å². The van der Waals surface area contributed by atoms with Gasteiger partial charge in [0.05, 0.1) is 6.04 Å². The van der Waals surface area contributed by atoms with E-state index in [1.807, 2.05) is 25.1 Å². The molecule has 2 atom stereocenters. The van der Waals surface area contributed by atoms with E-state index in [1.54, 1.807) is 0 Å². The lowest BCUT2D eigenvalue weighted by molar-refractivity contribution is -0.0182. The van der Waals surface area contributed by atoms with Crippen LogP contribution in [0.2, 0.25) is 5.02 Å². The molecule has 0 aliphatic carbocycles. The SMILES string of the molecule is CC(O)N1CCN(C(c2ccccc2)c2ccc(Cl)cc2)CC1. The van der Waals surface area contributed by atoms with Gasteiger partial charge in [0.25, 0.3) is 0 Å². The quantitative estimate of drug-likeness (QED) is 0.931. The molecule has 2 aromatic rings. The Kier molecular flexibility index (Phi) is 5.34. The fraction of sp³-hybridized carbons (Fsp3) is 0.368. The van der Waals surface area contributed by atoms with Gasteiger partial charge in [0.1, 0.15) is 6.23 Å². The zero-order valence-corrected chi connectivity index (χ0v) is 14.2. The summed E-state index contributed by atoms with van der Waals surface area (Å²) in [4.78, 5) is 4.60. The Morgan fingerprint density at radius 3 is 1.91 bits per heavy atom. The van der Waals surface area contributed by atoms with Gasteiger partial charge >= 0.3 is 0 Å². The van der Waals surface area contributed by atoms with Crippen LogP contribution in [-0.4, -0.2) is 47.3 Å². The first-order chi connectivity index (χ1) is 11.1. The van der Waals surface area contributed by atoms with Gasteiger partial charge in [-0.2, -0.15) is 0 Å². The predicted octanol–water partition coefficient (Wildman–Crippen LogP) is 3.39. The summed E-state index contributed by atoms with van der Waals surface area (Å²) in [5.41, 5.74) is 2.55. The second kappa shape index (κ2) is 7.45. The number of rotatable bonds is 4. The third kappa shape index (κ3) is 3.93. The maximum Gasteiger partial charge on any atom is 0.104 e. The van der Waals surface area contributed by atoms with E-state index in [-0.39, 0.29) is 12.3 Å². The normalized spacial score (nSPS) is 19.4. The van der Waals surface area contributed by atoms with Crippen molar-refractivity contribution in [1.29, 1.82) is 0 Å². The third-order valence-electron chi connectivity index (χ3n) is 4.54. The number of piperazine rings is 1. The fourth-order valence-corrected chi connectivity index (χ4v) is 3.39. The van der Waals surface area contributed by atoms with Gasteiger partial charge in [0.15, 0.2) is 0 Å². The molecule has 2 unspecified atom stereocenters. The lowest BCUT2D eigenvalue weighted by atomic mass is 9.96. The molecule has 1 aliphatic heterocycles. The van der Waals surface area contributed by atoms with Crippen molar-refractivity contribution >= 4 is 11.6 Å². The van der Waals surface area contributed by atoms with Gasteiger partial charge in [-0.25, -0.2) is 0 Å². The van der Waals surface area contributed by atoms with Crippen LogP contribution in [0, 0.1) is 0 Å². The van der Waals surface area contributed by atoms with Crippen molar-refractivity contribution in [2.45, 2.75) is 19.2 Å². The van der Waals surface area contributed by atoms with E-state index >= 15 is 0 Å². The number of aliphatic hydroxyl groups is 1. The molecule has 0 aromatic heterocycles. The fourth-order valence-electron chi connectivity index (χ4n) is 3.26. The van der Waals surface area contributed by atoms with Gasteiger partial charge in [-0.1, -0.05) is 54.1 Å². The van der Waals surface area contributed by atoms with Gasteiger partial charge in [-0.3, -0.25) is 9.80 Å². The standard InChI is InChI=1S/C19H23ClN2O/c1-15(23)21-11-13-22(14-12-21)19(16-5-3-2-4-6-16)17-7-9-18(20)10-8-17/h2-10,15,19,23H,11-14H2,1H3. The molecule has 0 spiro atoms. The number of benzene rings is 2. The highest BCUT2D eigenvalue weighted by molar-refractivity contribution is 6.30. The molecule has 0 amide bonds. The van der Waals surface area contributed by atoms with Crippen molar-refractivity contribution in [2.24, 2.45) is 0 Å². The van der Waals surface area contributed by atoms with Gasteiger partial charge in [-0.15, -0.1) is 0 Å². The molecule has 1 N–H and O–H groups in total.